The molecule has 4 nitrogen and oxygen atoms in total. The van der Waals surface area contributed by atoms with E-state index in [1.165, 1.54) is 6.08 Å². The summed E-state index contributed by atoms with van der Waals surface area (Å²) in [5.41, 5.74) is 7.33. The van der Waals surface area contributed by atoms with E-state index in [9.17, 15) is 4.79 Å². The summed E-state index contributed by atoms with van der Waals surface area (Å²) in [6.07, 6.45) is 2.95. The van der Waals surface area contributed by atoms with E-state index in [1.807, 2.05) is 42.5 Å². The molecule has 0 aromatic heterocycles. The van der Waals surface area contributed by atoms with Gasteiger partial charge in [-0.05, 0) is 28.5 Å². The van der Waals surface area contributed by atoms with Crippen molar-refractivity contribution in [3.8, 4) is 0 Å². The van der Waals surface area contributed by atoms with Gasteiger partial charge in [0.05, 0.1) is 10.3 Å². The van der Waals surface area contributed by atoms with Crippen LogP contribution in [0.3, 0.4) is 0 Å². The first-order valence-electron chi connectivity index (χ1n) is 5.35. The average molecular weight is 239 g/mol. The van der Waals surface area contributed by atoms with Crippen molar-refractivity contribution in [2.45, 2.75) is 0 Å². The molecule has 2 N–H and O–H groups in total. The summed E-state index contributed by atoms with van der Waals surface area (Å²) < 4.78 is 0. The molecule has 0 unspecified atom stereocenters. The normalized spacial score (nSPS) is 10.4. The van der Waals surface area contributed by atoms with E-state index in [0.29, 0.717) is 0 Å². The highest BCUT2D eigenvalue weighted by molar-refractivity contribution is 6.38. The molecule has 0 aliphatic rings. The fourth-order valence-electron chi connectivity index (χ4n) is 1.64. The summed E-state index contributed by atoms with van der Waals surface area (Å²) in [6, 6.07) is 13.7. The highest BCUT2D eigenvalue weighted by Crippen LogP contribution is 2.16. The summed E-state index contributed by atoms with van der Waals surface area (Å²) in [4.78, 5) is 13.6. The van der Waals surface area contributed by atoms with E-state index in [2.05, 4.69) is 4.79 Å². The molecule has 0 spiro atoms. The maximum absolute atomic E-state index is 10.7. The molecule has 0 fully saturated rings. The van der Waals surface area contributed by atoms with Crippen LogP contribution in [0.5, 0.6) is 0 Å². The van der Waals surface area contributed by atoms with Gasteiger partial charge < -0.3 is 5.11 Å². The van der Waals surface area contributed by atoms with Gasteiger partial charge in [-0.1, -0.05) is 36.4 Å². The fourth-order valence-corrected chi connectivity index (χ4v) is 1.64. The molecule has 88 valence electrons. The number of rotatable bonds is 3. The molecule has 4 heteroatoms. The SMILES string of the molecule is N=[N+]=C(C=Cc1ccc2ccccc2c1)C(=O)O. The van der Waals surface area contributed by atoms with E-state index in [1.54, 1.807) is 6.08 Å². The molecule has 0 saturated heterocycles. The van der Waals surface area contributed by atoms with Crippen LogP contribution in [-0.2, 0) is 4.79 Å². The molecule has 2 aromatic rings. The zero-order chi connectivity index (χ0) is 13.0. The van der Waals surface area contributed by atoms with Gasteiger partial charge in [-0.25, -0.2) is 4.79 Å². The smallest absolute Gasteiger partial charge is 0.448 e. The molecule has 0 radical (unpaired) electrons. The van der Waals surface area contributed by atoms with Crippen LogP contribution in [-0.4, -0.2) is 21.6 Å². The Morgan fingerprint density at radius 1 is 1.17 bits per heavy atom. The topological polar surface area (TPSA) is 75.2 Å². The van der Waals surface area contributed by atoms with Gasteiger partial charge in [0.1, 0.15) is 0 Å². The molecule has 0 bridgehead atoms. The second kappa shape index (κ2) is 5.08. The fraction of sp³-hybridized carbons (Fsp3) is 0. The number of carboxylic acid groups (broad SMARTS) is 1. The molecule has 0 aliphatic heterocycles. The predicted octanol–water partition coefficient (Wildman–Crippen LogP) is 2.62. The molecule has 0 atom stereocenters. The van der Waals surface area contributed by atoms with Crippen LogP contribution in [0.2, 0.25) is 0 Å². The number of nitrogens with zero attached hydrogens (tertiary/aromatic N) is 1. The van der Waals surface area contributed by atoms with Crippen LogP contribution in [0.1, 0.15) is 5.56 Å². The zero-order valence-electron chi connectivity index (χ0n) is 9.50. The Kier molecular flexibility index (Phi) is 3.32. The highest BCUT2D eigenvalue weighted by Gasteiger charge is 2.16. The monoisotopic (exact) mass is 239 g/mol. The average Bonchev–Trinajstić information content (AvgIpc) is 2.39. The van der Waals surface area contributed by atoms with Crippen molar-refractivity contribution in [3.63, 3.8) is 0 Å². The number of nitrogens with one attached hydrogen (secondary N) is 1. The molecule has 18 heavy (non-hydrogen) atoms. The maximum Gasteiger partial charge on any atom is 0.448 e. The first-order valence-corrected chi connectivity index (χ1v) is 5.35. The van der Waals surface area contributed by atoms with Crippen molar-refractivity contribution >= 4 is 28.5 Å². The van der Waals surface area contributed by atoms with Crippen molar-refractivity contribution in [1.82, 2.24) is 0 Å². The summed E-state index contributed by atoms with van der Waals surface area (Å²) >= 11 is 0. The van der Waals surface area contributed by atoms with Crippen LogP contribution in [0.25, 0.3) is 16.8 Å². The third-order valence-electron chi connectivity index (χ3n) is 2.55. The van der Waals surface area contributed by atoms with Gasteiger partial charge in [0, 0.05) is 6.08 Å². The minimum Gasteiger partial charge on any atom is -0.472 e. The van der Waals surface area contributed by atoms with Gasteiger partial charge in [-0.2, -0.15) is 0 Å². The molecule has 0 heterocycles. The second-order valence-electron chi connectivity index (χ2n) is 3.74. The Morgan fingerprint density at radius 2 is 1.89 bits per heavy atom. The molecule has 0 saturated carbocycles. The molecular formula is C14H11N2O2+. The molecule has 0 aliphatic carbocycles. The first kappa shape index (κ1) is 11.8. The number of fused-ring (bicyclic) bond motifs is 1. The summed E-state index contributed by atoms with van der Waals surface area (Å²) in [6.45, 7) is 0. The second-order valence-corrected chi connectivity index (χ2v) is 3.74. The van der Waals surface area contributed by atoms with Gasteiger partial charge in [0.25, 0.3) is 0 Å². The Balaban J connectivity index is 2.35. The van der Waals surface area contributed by atoms with Crippen LogP contribution in [0.4, 0.5) is 0 Å². The third-order valence-corrected chi connectivity index (χ3v) is 2.55. The summed E-state index contributed by atoms with van der Waals surface area (Å²) in [5.74, 6) is -1.21. The minimum absolute atomic E-state index is 0.289. The number of benzene rings is 2. The van der Waals surface area contributed by atoms with E-state index < -0.39 is 5.97 Å². The molecular weight excluding hydrogens is 228 g/mol. The van der Waals surface area contributed by atoms with Crippen LogP contribution in [0, 0.1) is 5.53 Å². The minimum atomic E-state index is -1.21. The van der Waals surface area contributed by atoms with E-state index in [-0.39, 0.29) is 5.71 Å². The molecule has 2 rings (SSSR count). The molecule has 0 amide bonds. The predicted molar refractivity (Wildman–Crippen MR) is 68.6 cm³/mol. The standard InChI is InChI=1S/C14H10N2O2/c15-16-13(14(17)18)8-6-10-5-7-11-3-1-2-4-12(11)9-10/h1-9,15H/p+1. The van der Waals surface area contributed by atoms with Crippen molar-refractivity contribution in [2.24, 2.45) is 0 Å². The lowest BCUT2D eigenvalue weighted by Gasteiger charge is -1.98. The number of hydrogen-bond acceptors (Lipinski definition) is 2. The summed E-state index contributed by atoms with van der Waals surface area (Å²) in [5, 5.41) is 10.9. The Morgan fingerprint density at radius 3 is 2.56 bits per heavy atom. The van der Waals surface area contributed by atoms with E-state index >= 15 is 0 Å². The van der Waals surface area contributed by atoms with Gasteiger partial charge in [-0.3, -0.25) is 0 Å². The lowest BCUT2D eigenvalue weighted by molar-refractivity contribution is -0.147. The number of aliphatic carboxylic acids is 1. The lowest BCUT2D eigenvalue weighted by atomic mass is 10.1. The van der Waals surface area contributed by atoms with E-state index in [0.717, 1.165) is 16.3 Å². The zero-order valence-corrected chi connectivity index (χ0v) is 9.50. The number of carbonyl (C=O) groups is 1. The summed E-state index contributed by atoms with van der Waals surface area (Å²) in [7, 11) is 0. The van der Waals surface area contributed by atoms with Crippen LogP contribution >= 0.6 is 0 Å². The van der Waals surface area contributed by atoms with Crippen LogP contribution in [0.15, 0.2) is 48.5 Å². The van der Waals surface area contributed by atoms with Crippen molar-refractivity contribution < 1.29 is 14.7 Å². The van der Waals surface area contributed by atoms with Crippen molar-refractivity contribution in [1.29, 1.82) is 5.53 Å². The van der Waals surface area contributed by atoms with E-state index in [4.69, 9.17) is 10.6 Å². The first-order chi connectivity index (χ1) is 8.70. The molecule has 2 aromatic carbocycles. The Bertz CT molecular complexity index is 683. The Labute approximate surface area is 103 Å². The van der Waals surface area contributed by atoms with Gasteiger partial charge in [0.15, 0.2) is 0 Å². The quantitative estimate of drug-likeness (QED) is 0.490. The van der Waals surface area contributed by atoms with Gasteiger partial charge in [0.2, 0.25) is 0 Å². The number of carboxylic acids is 1. The van der Waals surface area contributed by atoms with Crippen molar-refractivity contribution in [3.05, 3.63) is 54.1 Å². The number of hydrogen-bond donors (Lipinski definition) is 2. The van der Waals surface area contributed by atoms with Crippen LogP contribution < -0.4 is 0 Å². The highest BCUT2D eigenvalue weighted by atomic mass is 16.4. The van der Waals surface area contributed by atoms with Gasteiger partial charge in [-0.15, -0.1) is 0 Å². The largest absolute Gasteiger partial charge is 0.472 e. The third kappa shape index (κ3) is 2.51. The van der Waals surface area contributed by atoms with Gasteiger partial charge >= 0.3 is 11.7 Å². The maximum atomic E-state index is 10.7. The van der Waals surface area contributed by atoms with Crippen molar-refractivity contribution in [2.75, 3.05) is 0 Å². The lowest BCUT2D eigenvalue weighted by Crippen LogP contribution is -2.10. The Hall–Kier alpha value is -2.71.